The number of anilines is 1. The van der Waals surface area contributed by atoms with Gasteiger partial charge in [-0.1, -0.05) is 35.5 Å². The van der Waals surface area contributed by atoms with Crippen molar-refractivity contribution in [1.29, 1.82) is 0 Å². The number of aliphatic imine (C=N–C) groups is 1. The normalized spacial score (nSPS) is 20.0. The van der Waals surface area contributed by atoms with E-state index in [1.807, 2.05) is 25.1 Å². The van der Waals surface area contributed by atoms with Gasteiger partial charge in [-0.2, -0.15) is 0 Å². The number of nitrogens with zero attached hydrogens (tertiary/aromatic N) is 1. The summed E-state index contributed by atoms with van der Waals surface area (Å²) in [6.07, 6.45) is 0.849. The zero-order valence-electron chi connectivity index (χ0n) is 13.6. The molecular weight excluding hydrogens is 361 g/mol. The second kappa shape index (κ2) is 7.06. The van der Waals surface area contributed by atoms with E-state index in [2.05, 4.69) is 10.3 Å². The molecule has 1 heterocycles. The smallest absolute Gasteiger partial charge is 0.258 e. The molecule has 0 saturated heterocycles. The maximum absolute atomic E-state index is 13.9. The Balaban J connectivity index is 1.85. The van der Waals surface area contributed by atoms with Gasteiger partial charge in [0.15, 0.2) is 5.17 Å². The number of benzene rings is 2. The van der Waals surface area contributed by atoms with Crippen molar-refractivity contribution in [3.63, 3.8) is 0 Å². The molecule has 0 radical (unpaired) electrons. The van der Waals surface area contributed by atoms with Gasteiger partial charge in [-0.05, 0) is 49.2 Å². The van der Waals surface area contributed by atoms with Gasteiger partial charge in [0, 0.05) is 16.5 Å². The minimum atomic E-state index is -0.658. The minimum absolute atomic E-state index is 0.0580. The Kier molecular flexibility index (Phi) is 5.01. The van der Waals surface area contributed by atoms with E-state index < -0.39 is 17.3 Å². The van der Waals surface area contributed by atoms with Gasteiger partial charge in [-0.15, -0.1) is 0 Å². The Morgan fingerprint density at radius 2 is 2.16 bits per heavy atom. The summed E-state index contributed by atoms with van der Waals surface area (Å²) >= 11 is 7.26. The lowest BCUT2D eigenvalue weighted by Crippen LogP contribution is -2.28. The quantitative estimate of drug-likeness (QED) is 0.833. The van der Waals surface area contributed by atoms with E-state index in [0.29, 0.717) is 10.9 Å². The van der Waals surface area contributed by atoms with Crippen LogP contribution in [0.4, 0.5) is 10.1 Å². The highest BCUT2D eigenvalue weighted by Gasteiger charge is 2.29. The van der Waals surface area contributed by atoms with Crippen molar-refractivity contribution in [3.05, 3.63) is 64.4 Å². The van der Waals surface area contributed by atoms with Crippen molar-refractivity contribution in [2.24, 2.45) is 10.7 Å². The molecule has 0 bridgehead atoms. The molecule has 0 fully saturated rings. The molecule has 0 saturated carbocycles. The average molecular weight is 378 g/mol. The van der Waals surface area contributed by atoms with Crippen LogP contribution < -0.4 is 11.1 Å². The van der Waals surface area contributed by atoms with Gasteiger partial charge in [0.2, 0.25) is 0 Å². The molecule has 0 spiro atoms. The Bertz CT molecular complexity index is 858. The molecule has 25 heavy (non-hydrogen) atoms. The van der Waals surface area contributed by atoms with Crippen LogP contribution in [-0.4, -0.2) is 16.8 Å². The molecule has 1 amide bonds. The minimum Gasteiger partial charge on any atom is -0.379 e. The number of hydrogen-bond acceptors (Lipinski definition) is 4. The molecule has 130 valence electrons. The summed E-state index contributed by atoms with van der Waals surface area (Å²) in [7, 11) is 0. The van der Waals surface area contributed by atoms with Crippen molar-refractivity contribution in [2.45, 2.75) is 18.9 Å². The van der Waals surface area contributed by atoms with Crippen LogP contribution in [0.1, 0.15) is 29.3 Å². The molecule has 4 nitrogen and oxygen atoms in total. The highest BCUT2D eigenvalue weighted by molar-refractivity contribution is 8.13. The first kappa shape index (κ1) is 17.8. The fraction of sp³-hybridized carbons (Fsp3) is 0.222. The van der Waals surface area contributed by atoms with Crippen molar-refractivity contribution >= 4 is 40.1 Å². The Morgan fingerprint density at radius 3 is 2.88 bits per heavy atom. The summed E-state index contributed by atoms with van der Waals surface area (Å²) in [5, 5.41) is 3.53. The third-order valence-electron chi connectivity index (χ3n) is 4.11. The van der Waals surface area contributed by atoms with Gasteiger partial charge in [-0.3, -0.25) is 9.79 Å². The Hall–Kier alpha value is -2.05. The van der Waals surface area contributed by atoms with Crippen LogP contribution in [0.15, 0.2) is 47.5 Å². The third-order valence-corrected chi connectivity index (χ3v) is 5.14. The first-order valence-corrected chi connectivity index (χ1v) is 9.09. The molecule has 1 aliphatic heterocycles. The number of rotatable bonds is 3. The Labute approximate surface area is 154 Å². The number of nitrogens with two attached hydrogens (primary N) is 1. The fourth-order valence-electron chi connectivity index (χ4n) is 2.70. The van der Waals surface area contributed by atoms with Crippen molar-refractivity contribution in [3.8, 4) is 0 Å². The van der Waals surface area contributed by atoms with Crippen molar-refractivity contribution in [1.82, 2.24) is 0 Å². The molecule has 0 aliphatic carbocycles. The van der Waals surface area contributed by atoms with E-state index in [4.69, 9.17) is 17.3 Å². The number of carbonyl (C=O) groups excluding carboxylic acids is 1. The van der Waals surface area contributed by atoms with E-state index in [0.717, 1.165) is 23.8 Å². The van der Waals surface area contributed by atoms with Crippen LogP contribution in [0, 0.1) is 5.82 Å². The highest BCUT2D eigenvalue weighted by atomic mass is 35.5. The van der Waals surface area contributed by atoms with E-state index in [9.17, 15) is 9.18 Å². The molecule has 1 aliphatic rings. The molecule has 3 rings (SSSR count). The maximum atomic E-state index is 13.9. The molecule has 2 aromatic carbocycles. The lowest BCUT2D eigenvalue weighted by atomic mass is 9.89. The van der Waals surface area contributed by atoms with E-state index in [1.54, 1.807) is 6.07 Å². The number of thioether (sulfide) groups is 1. The van der Waals surface area contributed by atoms with E-state index in [1.165, 1.54) is 23.9 Å². The lowest BCUT2D eigenvalue weighted by molar-refractivity contribution is 0.102. The standard InChI is InChI=1S/C18H17ClFN3OS/c1-18(7-8-25-17(21)23-18)11-3-2-4-13(9-11)22-16(24)14-6-5-12(19)10-15(14)20/h2-6,9-10H,7-8H2,1H3,(H2,21,23)(H,22,24). The van der Waals surface area contributed by atoms with E-state index in [-0.39, 0.29) is 10.6 Å². The van der Waals surface area contributed by atoms with Crippen LogP contribution in [0.3, 0.4) is 0 Å². The predicted molar refractivity (Wildman–Crippen MR) is 102 cm³/mol. The van der Waals surface area contributed by atoms with Gasteiger partial charge in [0.05, 0.1) is 11.1 Å². The summed E-state index contributed by atoms with van der Waals surface area (Å²) in [6.45, 7) is 2.01. The van der Waals surface area contributed by atoms with Gasteiger partial charge in [0.1, 0.15) is 5.82 Å². The summed E-state index contributed by atoms with van der Waals surface area (Å²) in [6, 6.07) is 11.3. The largest absolute Gasteiger partial charge is 0.379 e. The lowest BCUT2D eigenvalue weighted by Gasteiger charge is -2.30. The van der Waals surface area contributed by atoms with Crippen molar-refractivity contribution < 1.29 is 9.18 Å². The summed E-state index contributed by atoms with van der Waals surface area (Å²) < 4.78 is 13.9. The van der Waals surface area contributed by atoms with Gasteiger partial charge in [0.25, 0.3) is 5.91 Å². The first-order chi connectivity index (χ1) is 11.9. The molecule has 0 aromatic heterocycles. The van der Waals surface area contributed by atoms with Gasteiger partial charge < -0.3 is 11.1 Å². The average Bonchev–Trinajstić information content (AvgIpc) is 2.54. The second-order valence-corrected chi connectivity index (χ2v) is 7.53. The first-order valence-electron chi connectivity index (χ1n) is 7.72. The molecule has 1 atom stereocenters. The summed E-state index contributed by atoms with van der Waals surface area (Å²) in [4.78, 5) is 16.9. The molecule has 3 N–H and O–H groups in total. The summed E-state index contributed by atoms with van der Waals surface area (Å²) in [5.74, 6) is -0.299. The van der Waals surface area contributed by atoms with Crippen LogP contribution >= 0.6 is 23.4 Å². The predicted octanol–water partition coefficient (Wildman–Crippen LogP) is 4.40. The molecule has 1 unspecified atom stereocenters. The zero-order chi connectivity index (χ0) is 18.0. The van der Waals surface area contributed by atoms with Gasteiger partial charge in [-0.25, -0.2) is 4.39 Å². The summed E-state index contributed by atoms with van der Waals surface area (Å²) in [5.41, 5.74) is 6.90. The van der Waals surface area contributed by atoms with Crippen LogP contribution in [-0.2, 0) is 5.54 Å². The van der Waals surface area contributed by atoms with Crippen LogP contribution in [0.5, 0.6) is 0 Å². The second-order valence-electron chi connectivity index (χ2n) is 5.98. The number of carbonyl (C=O) groups is 1. The number of amidine groups is 1. The fourth-order valence-corrected chi connectivity index (χ4v) is 3.83. The van der Waals surface area contributed by atoms with Crippen LogP contribution in [0.25, 0.3) is 0 Å². The van der Waals surface area contributed by atoms with E-state index >= 15 is 0 Å². The zero-order valence-corrected chi connectivity index (χ0v) is 15.1. The maximum Gasteiger partial charge on any atom is 0.258 e. The SMILES string of the molecule is CC1(c2cccc(NC(=O)c3ccc(Cl)cc3F)c2)CCSC(N)=N1. The van der Waals surface area contributed by atoms with Crippen molar-refractivity contribution in [2.75, 3.05) is 11.1 Å². The van der Waals surface area contributed by atoms with Gasteiger partial charge >= 0.3 is 0 Å². The number of halogens is 2. The topological polar surface area (TPSA) is 67.5 Å². The molecule has 2 aromatic rings. The number of hydrogen-bond donors (Lipinski definition) is 2. The number of amides is 1. The monoisotopic (exact) mass is 377 g/mol. The Morgan fingerprint density at radius 1 is 1.36 bits per heavy atom. The highest BCUT2D eigenvalue weighted by Crippen LogP contribution is 2.35. The molecule has 7 heteroatoms. The number of nitrogens with one attached hydrogen (secondary N) is 1. The van der Waals surface area contributed by atoms with Crippen LogP contribution in [0.2, 0.25) is 5.02 Å². The third kappa shape index (κ3) is 3.96. The molecular formula is C18H17ClFN3OS.